The highest BCUT2D eigenvalue weighted by atomic mass is 35.5. The Morgan fingerprint density at radius 3 is 2.62 bits per heavy atom. The number of hydrogen-bond donors (Lipinski definition) is 1. The number of halogens is 2. The zero-order valence-electron chi connectivity index (χ0n) is 15.2. The van der Waals surface area contributed by atoms with Gasteiger partial charge in [0.25, 0.3) is 5.91 Å². The van der Waals surface area contributed by atoms with Gasteiger partial charge in [-0.2, -0.15) is 4.31 Å². The molecule has 2 aromatic carbocycles. The zero-order chi connectivity index (χ0) is 21.0. The van der Waals surface area contributed by atoms with E-state index < -0.39 is 40.4 Å². The molecule has 1 saturated heterocycles. The molecular formula is C19H18ClFN2O5S. The summed E-state index contributed by atoms with van der Waals surface area (Å²) in [5.41, 5.74) is 0.221. The van der Waals surface area contributed by atoms with Gasteiger partial charge >= 0.3 is 5.97 Å². The number of carbonyl (C=O) groups is 2. The first-order valence-corrected chi connectivity index (χ1v) is 10.6. The lowest BCUT2D eigenvalue weighted by Crippen LogP contribution is -2.42. The van der Waals surface area contributed by atoms with Crippen molar-refractivity contribution in [1.29, 1.82) is 0 Å². The van der Waals surface area contributed by atoms with Crippen LogP contribution in [0.3, 0.4) is 0 Å². The lowest BCUT2D eigenvalue weighted by Gasteiger charge is -2.22. The van der Waals surface area contributed by atoms with Crippen LogP contribution in [0.4, 0.5) is 10.1 Å². The molecule has 0 aliphatic carbocycles. The summed E-state index contributed by atoms with van der Waals surface area (Å²) in [7, 11) is -3.91. The van der Waals surface area contributed by atoms with Crippen LogP contribution >= 0.6 is 11.6 Å². The molecule has 154 valence electrons. The van der Waals surface area contributed by atoms with E-state index in [1.807, 2.05) is 0 Å². The number of sulfonamides is 1. The van der Waals surface area contributed by atoms with E-state index in [1.165, 1.54) is 42.5 Å². The van der Waals surface area contributed by atoms with Crippen molar-refractivity contribution in [2.45, 2.75) is 23.8 Å². The van der Waals surface area contributed by atoms with Crippen LogP contribution < -0.4 is 5.32 Å². The minimum Gasteiger partial charge on any atom is -0.454 e. The summed E-state index contributed by atoms with van der Waals surface area (Å²) in [4.78, 5) is 24.3. The van der Waals surface area contributed by atoms with E-state index in [1.54, 1.807) is 0 Å². The zero-order valence-corrected chi connectivity index (χ0v) is 16.7. The van der Waals surface area contributed by atoms with E-state index in [-0.39, 0.29) is 23.5 Å². The molecule has 1 atom stereocenters. The average Bonchev–Trinajstić information content (AvgIpc) is 3.17. The summed E-state index contributed by atoms with van der Waals surface area (Å²) in [6.07, 6.45) is 0.777. The van der Waals surface area contributed by atoms with Crippen LogP contribution in [0.1, 0.15) is 12.8 Å². The molecule has 2 aromatic rings. The van der Waals surface area contributed by atoms with Crippen molar-refractivity contribution in [2.24, 2.45) is 0 Å². The van der Waals surface area contributed by atoms with Gasteiger partial charge in [0.1, 0.15) is 11.9 Å². The number of benzene rings is 2. The van der Waals surface area contributed by atoms with E-state index in [9.17, 15) is 22.4 Å². The minimum atomic E-state index is -3.91. The number of nitrogens with one attached hydrogen (secondary N) is 1. The quantitative estimate of drug-likeness (QED) is 0.697. The molecule has 0 unspecified atom stereocenters. The van der Waals surface area contributed by atoms with Crippen LogP contribution in [0.15, 0.2) is 53.4 Å². The molecule has 0 saturated carbocycles. The largest absolute Gasteiger partial charge is 0.454 e. The number of esters is 1. The summed E-state index contributed by atoms with van der Waals surface area (Å²) in [6, 6.07) is 9.88. The standard InChI is InChI=1S/C19H18ClFN2O5S/c20-13-6-8-16(9-7-13)29(26,27)23-10-2-5-17(23)19(25)28-12-18(24)22-15-4-1-3-14(21)11-15/h1,3-4,6-9,11,17H,2,5,10,12H2,(H,22,24)/t17-/m1/s1. The third-order valence-corrected chi connectivity index (χ3v) is 6.52. The van der Waals surface area contributed by atoms with Gasteiger partial charge in [-0.1, -0.05) is 17.7 Å². The van der Waals surface area contributed by atoms with Crippen LogP contribution in [-0.4, -0.2) is 43.8 Å². The molecule has 1 aliphatic rings. The molecule has 10 heteroatoms. The Kier molecular flexibility index (Phi) is 6.51. The SMILES string of the molecule is O=C(COC(=O)[C@H]1CCCN1S(=O)(=O)c1ccc(Cl)cc1)Nc1cccc(F)c1. The maximum absolute atomic E-state index is 13.1. The molecule has 0 aromatic heterocycles. The fourth-order valence-corrected chi connectivity index (χ4v) is 4.77. The normalized spacial score (nSPS) is 17.1. The van der Waals surface area contributed by atoms with E-state index in [0.29, 0.717) is 11.4 Å². The lowest BCUT2D eigenvalue weighted by molar-refractivity contribution is -0.150. The number of rotatable bonds is 6. The van der Waals surface area contributed by atoms with Crippen LogP contribution in [-0.2, 0) is 24.3 Å². The number of carbonyl (C=O) groups excluding carboxylic acids is 2. The van der Waals surface area contributed by atoms with Crippen molar-refractivity contribution >= 4 is 39.2 Å². The first kappa shape index (κ1) is 21.2. The fraction of sp³-hybridized carbons (Fsp3) is 0.263. The second kappa shape index (κ2) is 8.89. The summed E-state index contributed by atoms with van der Waals surface area (Å²) in [5, 5.41) is 2.79. The molecule has 1 fully saturated rings. The van der Waals surface area contributed by atoms with Gasteiger partial charge in [-0.15, -0.1) is 0 Å². The number of amides is 1. The first-order valence-electron chi connectivity index (χ1n) is 8.77. The highest BCUT2D eigenvalue weighted by Gasteiger charge is 2.40. The predicted octanol–water partition coefficient (Wildman–Crippen LogP) is 2.81. The Balaban J connectivity index is 1.62. The van der Waals surface area contributed by atoms with Gasteiger partial charge in [-0.05, 0) is 55.3 Å². The molecule has 3 rings (SSSR count). The highest BCUT2D eigenvalue weighted by Crippen LogP contribution is 2.27. The smallest absolute Gasteiger partial charge is 0.324 e. The first-order chi connectivity index (χ1) is 13.8. The summed E-state index contributed by atoms with van der Waals surface area (Å²) in [6.45, 7) is -0.444. The van der Waals surface area contributed by atoms with E-state index in [2.05, 4.69) is 5.32 Å². The van der Waals surface area contributed by atoms with Crippen molar-refractivity contribution in [1.82, 2.24) is 4.31 Å². The van der Waals surface area contributed by atoms with Crippen molar-refractivity contribution in [3.05, 3.63) is 59.4 Å². The maximum atomic E-state index is 13.1. The van der Waals surface area contributed by atoms with Gasteiger partial charge in [-0.3, -0.25) is 9.59 Å². The molecule has 0 radical (unpaired) electrons. The van der Waals surface area contributed by atoms with Crippen molar-refractivity contribution in [3.63, 3.8) is 0 Å². The third-order valence-electron chi connectivity index (χ3n) is 4.35. The fourth-order valence-electron chi connectivity index (χ4n) is 3.00. The van der Waals surface area contributed by atoms with E-state index >= 15 is 0 Å². The highest BCUT2D eigenvalue weighted by molar-refractivity contribution is 7.89. The second-order valence-electron chi connectivity index (χ2n) is 6.39. The molecule has 1 heterocycles. The number of ether oxygens (including phenoxy) is 1. The van der Waals surface area contributed by atoms with Gasteiger partial charge in [0.15, 0.2) is 6.61 Å². The number of nitrogens with zero attached hydrogens (tertiary/aromatic N) is 1. The summed E-state index contributed by atoms with van der Waals surface area (Å²) < 4.78 is 44.9. The van der Waals surface area contributed by atoms with Crippen LogP contribution in [0, 0.1) is 5.82 Å². The Hall–Kier alpha value is -2.49. The van der Waals surface area contributed by atoms with Crippen molar-refractivity contribution < 1.29 is 27.1 Å². The molecule has 29 heavy (non-hydrogen) atoms. The summed E-state index contributed by atoms with van der Waals surface area (Å²) in [5.74, 6) is -1.99. The molecule has 1 N–H and O–H groups in total. The van der Waals surface area contributed by atoms with Crippen molar-refractivity contribution in [3.8, 4) is 0 Å². The molecular weight excluding hydrogens is 423 g/mol. The monoisotopic (exact) mass is 440 g/mol. The Morgan fingerprint density at radius 1 is 1.21 bits per heavy atom. The van der Waals surface area contributed by atoms with Crippen LogP contribution in [0.25, 0.3) is 0 Å². The van der Waals surface area contributed by atoms with Crippen LogP contribution in [0.2, 0.25) is 5.02 Å². The Labute approximate surface area is 172 Å². The summed E-state index contributed by atoms with van der Waals surface area (Å²) >= 11 is 5.80. The van der Waals surface area contributed by atoms with Gasteiger partial charge in [0.2, 0.25) is 10.0 Å². The molecule has 0 bridgehead atoms. The second-order valence-corrected chi connectivity index (χ2v) is 8.72. The van der Waals surface area contributed by atoms with Gasteiger partial charge < -0.3 is 10.1 Å². The predicted molar refractivity (Wildman–Crippen MR) is 104 cm³/mol. The van der Waals surface area contributed by atoms with Gasteiger partial charge in [0, 0.05) is 17.3 Å². The van der Waals surface area contributed by atoms with Gasteiger partial charge in [0.05, 0.1) is 4.90 Å². The lowest BCUT2D eigenvalue weighted by atomic mass is 10.2. The van der Waals surface area contributed by atoms with Crippen molar-refractivity contribution in [2.75, 3.05) is 18.5 Å². The van der Waals surface area contributed by atoms with E-state index in [4.69, 9.17) is 16.3 Å². The topological polar surface area (TPSA) is 92.8 Å². The third kappa shape index (κ3) is 5.11. The van der Waals surface area contributed by atoms with Gasteiger partial charge in [-0.25, -0.2) is 12.8 Å². The number of hydrogen-bond acceptors (Lipinski definition) is 5. The molecule has 1 aliphatic heterocycles. The molecule has 1 amide bonds. The van der Waals surface area contributed by atoms with Crippen LogP contribution in [0.5, 0.6) is 0 Å². The molecule has 7 nitrogen and oxygen atoms in total. The average molecular weight is 441 g/mol. The Bertz CT molecular complexity index is 1010. The Morgan fingerprint density at radius 2 is 1.93 bits per heavy atom. The molecule has 0 spiro atoms. The minimum absolute atomic E-state index is 0.0189. The number of anilines is 1. The maximum Gasteiger partial charge on any atom is 0.324 e. The van der Waals surface area contributed by atoms with E-state index in [0.717, 1.165) is 10.4 Å².